The Morgan fingerprint density at radius 3 is 2.67 bits per heavy atom. The van der Waals surface area contributed by atoms with Gasteiger partial charge >= 0.3 is 0 Å². The molecule has 0 unspecified atom stereocenters. The van der Waals surface area contributed by atoms with E-state index >= 15 is 0 Å². The van der Waals surface area contributed by atoms with E-state index in [0.717, 1.165) is 0 Å². The third-order valence-electron chi connectivity index (χ3n) is 2.61. The van der Waals surface area contributed by atoms with E-state index in [1.807, 2.05) is 0 Å². The lowest BCUT2D eigenvalue weighted by Crippen LogP contribution is -2.30. The van der Waals surface area contributed by atoms with Gasteiger partial charge in [-0.2, -0.15) is 5.10 Å². The topological polar surface area (TPSA) is 136 Å². The molecule has 0 aliphatic carbocycles. The molecular weight excluding hydrogens is 300 g/mol. The molecule has 0 saturated heterocycles. The predicted octanol–water partition coefficient (Wildman–Crippen LogP) is -0.988. The molecule has 1 amide bonds. The predicted molar refractivity (Wildman–Crippen MR) is 74.4 cm³/mol. The standard InChI is InChI=1S/C11H20N4O5S/c1-3-8-10(21(12,17)18)9(15-14-8)11(16)13-4-5-20-7-6-19-2/h3-7H2,1-2H3,(H,13,16)(H,14,15)(H2,12,17,18). The summed E-state index contributed by atoms with van der Waals surface area (Å²) in [5, 5.41) is 13.9. The maximum absolute atomic E-state index is 11.9. The number of sulfonamides is 1. The van der Waals surface area contributed by atoms with Gasteiger partial charge in [0.1, 0.15) is 4.90 Å². The molecule has 0 spiro atoms. The largest absolute Gasteiger partial charge is 0.382 e. The van der Waals surface area contributed by atoms with Crippen LogP contribution in [-0.4, -0.2) is 58.0 Å². The van der Waals surface area contributed by atoms with Gasteiger partial charge < -0.3 is 14.8 Å². The van der Waals surface area contributed by atoms with Gasteiger partial charge in [-0.05, 0) is 6.42 Å². The molecule has 1 rings (SSSR count). The molecule has 9 nitrogen and oxygen atoms in total. The summed E-state index contributed by atoms with van der Waals surface area (Å²) in [6.07, 6.45) is 0.367. The first-order valence-corrected chi connectivity index (χ1v) is 7.91. The van der Waals surface area contributed by atoms with E-state index in [-0.39, 0.29) is 23.7 Å². The molecule has 0 saturated carbocycles. The van der Waals surface area contributed by atoms with E-state index in [0.29, 0.717) is 25.3 Å². The third kappa shape index (κ3) is 5.08. The number of nitrogens with one attached hydrogen (secondary N) is 2. The summed E-state index contributed by atoms with van der Waals surface area (Å²) in [5.74, 6) is -0.620. The molecule has 1 heterocycles. The first-order valence-electron chi connectivity index (χ1n) is 6.36. The van der Waals surface area contributed by atoms with Crippen molar-refractivity contribution in [2.75, 3.05) is 33.5 Å². The highest BCUT2D eigenvalue weighted by atomic mass is 32.2. The number of hydrogen-bond donors (Lipinski definition) is 3. The number of nitrogens with two attached hydrogens (primary N) is 1. The monoisotopic (exact) mass is 320 g/mol. The number of primary sulfonamides is 1. The van der Waals surface area contributed by atoms with Crippen LogP contribution in [0.15, 0.2) is 4.90 Å². The van der Waals surface area contributed by atoms with E-state index in [4.69, 9.17) is 14.6 Å². The number of nitrogens with zero attached hydrogens (tertiary/aromatic N) is 1. The van der Waals surface area contributed by atoms with Gasteiger partial charge in [0.05, 0.1) is 25.5 Å². The lowest BCUT2D eigenvalue weighted by Gasteiger charge is -2.06. The quantitative estimate of drug-likeness (QED) is 0.500. The molecule has 0 aliphatic rings. The van der Waals surface area contributed by atoms with Crippen LogP contribution in [0.3, 0.4) is 0 Å². The Morgan fingerprint density at radius 2 is 2.10 bits per heavy atom. The maximum atomic E-state index is 11.9. The lowest BCUT2D eigenvalue weighted by atomic mass is 10.3. The van der Waals surface area contributed by atoms with Crippen molar-refractivity contribution in [3.05, 3.63) is 11.4 Å². The molecule has 21 heavy (non-hydrogen) atoms. The summed E-state index contributed by atoms with van der Waals surface area (Å²) >= 11 is 0. The minimum Gasteiger partial charge on any atom is -0.382 e. The number of aryl methyl sites for hydroxylation is 1. The minimum atomic E-state index is -4.02. The molecule has 0 atom stereocenters. The summed E-state index contributed by atoms with van der Waals surface area (Å²) in [5.41, 5.74) is 0.0743. The van der Waals surface area contributed by atoms with Crippen molar-refractivity contribution in [3.8, 4) is 0 Å². The fourth-order valence-electron chi connectivity index (χ4n) is 1.63. The van der Waals surface area contributed by atoms with Crippen LogP contribution in [0.25, 0.3) is 0 Å². The highest BCUT2D eigenvalue weighted by Crippen LogP contribution is 2.17. The molecule has 0 bridgehead atoms. The average Bonchev–Trinajstić information content (AvgIpc) is 2.86. The van der Waals surface area contributed by atoms with Gasteiger partial charge in [0, 0.05) is 13.7 Å². The van der Waals surface area contributed by atoms with Gasteiger partial charge in [-0.3, -0.25) is 9.89 Å². The summed E-state index contributed by atoms with van der Waals surface area (Å²) < 4.78 is 33.1. The third-order valence-corrected chi connectivity index (χ3v) is 3.62. The highest BCUT2D eigenvalue weighted by Gasteiger charge is 2.26. The Labute approximate surface area is 123 Å². The number of carbonyl (C=O) groups is 1. The molecular formula is C11H20N4O5S. The van der Waals surface area contributed by atoms with Crippen LogP contribution >= 0.6 is 0 Å². The van der Waals surface area contributed by atoms with Crippen LogP contribution in [0.5, 0.6) is 0 Å². The Hall–Kier alpha value is -1.49. The number of hydrogen-bond acceptors (Lipinski definition) is 6. The first-order chi connectivity index (χ1) is 9.91. The minimum absolute atomic E-state index is 0.223. The smallest absolute Gasteiger partial charge is 0.273 e. The van der Waals surface area contributed by atoms with Crippen molar-refractivity contribution in [3.63, 3.8) is 0 Å². The molecule has 120 valence electrons. The fraction of sp³-hybridized carbons (Fsp3) is 0.636. The molecule has 1 aromatic heterocycles. The van der Waals surface area contributed by atoms with E-state index in [1.165, 1.54) is 0 Å². The van der Waals surface area contributed by atoms with Crippen LogP contribution in [-0.2, 0) is 25.9 Å². The van der Waals surface area contributed by atoms with Crippen LogP contribution in [0.2, 0.25) is 0 Å². The van der Waals surface area contributed by atoms with Gasteiger partial charge in [-0.25, -0.2) is 13.6 Å². The second kappa shape index (κ2) is 8.08. The SMILES string of the molecule is CCc1[nH]nc(C(=O)NCCOCCOC)c1S(N)(=O)=O. The van der Waals surface area contributed by atoms with Crippen LogP contribution in [0.4, 0.5) is 0 Å². The maximum Gasteiger partial charge on any atom is 0.273 e. The number of methoxy groups -OCH3 is 1. The van der Waals surface area contributed by atoms with E-state index in [2.05, 4.69) is 15.5 Å². The summed E-state index contributed by atoms with van der Waals surface area (Å²) in [7, 11) is -2.46. The van der Waals surface area contributed by atoms with Gasteiger partial charge in [0.25, 0.3) is 5.91 Å². The van der Waals surface area contributed by atoms with Gasteiger partial charge in [-0.1, -0.05) is 6.92 Å². The van der Waals surface area contributed by atoms with Crippen LogP contribution in [0.1, 0.15) is 23.1 Å². The van der Waals surface area contributed by atoms with Crippen molar-refractivity contribution in [2.45, 2.75) is 18.2 Å². The summed E-state index contributed by atoms with van der Waals surface area (Å²) in [6, 6.07) is 0. The number of rotatable bonds is 9. The Morgan fingerprint density at radius 1 is 1.38 bits per heavy atom. The summed E-state index contributed by atoms with van der Waals surface area (Å²) in [6.45, 7) is 3.11. The second-order valence-electron chi connectivity index (χ2n) is 4.14. The van der Waals surface area contributed by atoms with E-state index in [1.54, 1.807) is 14.0 Å². The number of carbonyl (C=O) groups excluding carboxylic acids is 1. The normalized spacial score (nSPS) is 11.6. The van der Waals surface area contributed by atoms with Crippen molar-refractivity contribution >= 4 is 15.9 Å². The molecule has 4 N–H and O–H groups in total. The van der Waals surface area contributed by atoms with Crippen LogP contribution < -0.4 is 10.5 Å². The zero-order chi connectivity index (χ0) is 15.9. The molecule has 0 aliphatic heterocycles. The van der Waals surface area contributed by atoms with Gasteiger partial charge in [0.2, 0.25) is 10.0 Å². The number of aromatic nitrogens is 2. The number of ether oxygens (including phenoxy) is 2. The lowest BCUT2D eigenvalue weighted by molar-refractivity contribution is 0.0691. The molecule has 10 heteroatoms. The zero-order valence-corrected chi connectivity index (χ0v) is 12.8. The van der Waals surface area contributed by atoms with Crippen molar-refractivity contribution in [2.24, 2.45) is 5.14 Å². The van der Waals surface area contributed by atoms with Gasteiger partial charge in [-0.15, -0.1) is 0 Å². The van der Waals surface area contributed by atoms with Crippen molar-refractivity contribution in [1.82, 2.24) is 15.5 Å². The first kappa shape index (κ1) is 17.6. The number of amides is 1. The Kier molecular flexibility index (Phi) is 6.75. The van der Waals surface area contributed by atoms with Crippen LogP contribution in [0, 0.1) is 0 Å². The van der Waals surface area contributed by atoms with E-state index < -0.39 is 15.9 Å². The second-order valence-corrected chi connectivity index (χ2v) is 5.64. The molecule has 0 fully saturated rings. The zero-order valence-electron chi connectivity index (χ0n) is 12.0. The Balaban J connectivity index is 2.65. The van der Waals surface area contributed by atoms with Gasteiger partial charge in [0.15, 0.2) is 5.69 Å². The Bertz CT molecular complexity index is 569. The van der Waals surface area contributed by atoms with E-state index in [9.17, 15) is 13.2 Å². The molecule has 0 aromatic carbocycles. The number of aromatic amines is 1. The van der Waals surface area contributed by atoms with Crippen molar-refractivity contribution in [1.29, 1.82) is 0 Å². The fourth-order valence-corrected chi connectivity index (χ4v) is 2.57. The molecule has 0 radical (unpaired) electrons. The average molecular weight is 320 g/mol. The number of H-pyrrole nitrogens is 1. The van der Waals surface area contributed by atoms with Crippen molar-refractivity contribution < 1.29 is 22.7 Å². The summed E-state index contributed by atoms with van der Waals surface area (Å²) in [4.78, 5) is 11.7. The highest BCUT2D eigenvalue weighted by molar-refractivity contribution is 7.89. The molecule has 1 aromatic rings.